The third-order valence-corrected chi connectivity index (χ3v) is 2.81. The molecule has 0 aliphatic carbocycles. The molecule has 0 amide bonds. The van der Waals surface area contributed by atoms with E-state index >= 15 is 0 Å². The first-order valence-electron chi connectivity index (χ1n) is 6.51. The molecule has 0 atom stereocenters. The summed E-state index contributed by atoms with van der Waals surface area (Å²) in [6.45, 7) is 1.56. The maximum absolute atomic E-state index is 9.91. The Balaban J connectivity index is 1.96. The minimum absolute atomic E-state index is 0.0286. The minimum Gasteiger partial charge on any atom is -0.507 e. The van der Waals surface area contributed by atoms with Crippen molar-refractivity contribution in [1.82, 2.24) is 10.1 Å². The smallest absolute Gasteiger partial charge is 0.261 e. The Morgan fingerprint density at radius 3 is 2.76 bits per heavy atom. The lowest BCUT2D eigenvalue weighted by Gasteiger charge is -2.02. The van der Waals surface area contributed by atoms with E-state index in [4.69, 9.17) is 18.7 Å². The highest BCUT2D eigenvalue weighted by molar-refractivity contribution is 5.63. The van der Waals surface area contributed by atoms with Gasteiger partial charge in [0.15, 0.2) is 5.82 Å². The number of hydrogen-bond donors (Lipinski definition) is 1. The second kappa shape index (κ2) is 7.61. The van der Waals surface area contributed by atoms with Crippen LogP contribution in [0.5, 0.6) is 11.5 Å². The quantitative estimate of drug-likeness (QED) is 0.741. The number of hydrogen-bond acceptors (Lipinski definition) is 7. The zero-order valence-corrected chi connectivity index (χ0v) is 12.0. The molecule has 0 radical (unpaired) electrons. The minimum atomic E-state index is 0.0286. The number of phenolic OH excluding ortho intramolecular Hbond substituents is 1. The summed E-state index contributed by atoms with van der Waals surface area (Å²) < 4.78 is 20.4. The molecule has 0 unspecified atom stereocenters. The fourth-order valence-corrected chi connectivity index (χ4v) is 1.69. The molecule has 0 aliphatic rings. The van der Waals surface area contributed by atoms with Crippen molar-refractivity contribution >= 4 is 0 Å². The zero-order valence-electron chi connectivity index (χ0n) is 12.0. The van der Waals surface area contributed by atoms with Crippen LogP contribution < -0.4 is 4.74 Å². The van der Waals surface area contributed by atoms with Gasteiger partial charge in [0.05, 0.1) is 32.5 Å². The lowest BCUT2D eigenvalue weighted by atomic mass is 10.2. The molecule has 0 bridgehead atoms. The van der Waals surface area contributed by atoms with Crippen molar-refractivity contribution in [2.75, 3.05) is 34.0 Å². The Morgan fingerprint density at radius 1 is 1.19 bits per heavy atom. The molecule has 1 aromatic heterocycles. The van der Waals surface area contributed by atoms with Gasteiger partial charge in [0.1, 0.15) is 11.5 Å². The van der Waals surface area contributed by atoms with E-state index in [0.717, 1.165) is 0 Å². The lowest BCUT2D eigenvalue weighted by Crippen LogP contribution is -2.05. The molecule has 2 rings (SSSR count). The van der Waals surface area contributed by atoms with E-state index in [1.165, 1.54) is 13.2 Å². The maximum Gasteiger partial charge on any atom is 0.261 e. The van der Waals surface area contributed by atoms with E-state index in [2.05, 4.69) is 10.1 Å². The van der Waals surface area contributed by atoms with Crippen LogP contribution in [0.15, 0.2) is 22.7 Å². The Kier molecular flexibility index (Phi) is 5.53. The van der Waals surface area contributed by atoms with Crippen LogP contribution >= 0.6 is 0 Å². The van der Waals surface area contributed by atoms with Crippen molar-refractivity contribution in [1.29, 1.82) is 0 Å². The normalized spacial score (nSPS) is 10.8. The molecule has 7 nitrogen and oxygen atoms in total. The molecule has 2 aromatic rings. The fraction of sp³-hybridized carbons (Fsp3) is 0.429. The average Bonchev–Trinajstić information content (AvgIpc) is 2.95. The molecular weight excluding hydrogens is 276 g/mol. The van der Waals surface area contributed by atoms with Crippen molar-refractivity contribution in [2.24, 2.45) is 0 Å². The first kappa shape index (κ1) is 15.3. The number of aromatic hydroxyl groups is 1. The summed E-state index contributed by atoms with van der Waals surface area (Å²) >= 11 is 0. The van der Waals surface area contributed by atoms with Crippen LogP contribution in [-0.4, -0.2) is 49.3 Å². The number of rotatable bonds is 8. The third kappa shape index (κ3) is 4.17. The Labute approximate surface area is 122 Å². The van der Waals surface area contributed by atoms with Crippen LogP contribution in [-0.2, 0) is 15.9 Å². The highest BCUT2D eigenvalue weighted by atomic mass is 16.5. The van der Waals surface area contributed by atoms with Crippen LogP contribution in [0.2, 0.25) is 0 Å². The van der Waals surface area contributed by atoms with Crippen LogP contribution in [0.3, 0.4) is 0 Å². The Hall–Kier alpha value is -2.12. The van der Waals surface area contributed by atoms with Gasteiger partial charge < -0.3 is 23.8 Å². The van der Waals surface area contributed by atoms with Gasteiger partial charge >= 0.3 is 0 Å². The number of ether oxygens (including phenoxy) is 3. The number of aromatic nitrogens is 2. The predicted octanol–water partition coefficient (Wildman–Crippen LogP) is 1.66. The molecule has 0 fully saturated rings. The second-order valence-corrected chi connectivity index (χ2v) is 4.25. The van der Waals surface area contributed by atoms with Crippen molar-refractivity contribution in [3.8, 4) is 23.0 Å². The van der Waals surface area contributed by atoms with Gasteiger partial charge in [0, 0.05) is 19.6 Å². The summed E-state index contributed by atoms with van der Waals surface area (Å²) in [5, 5.41) is 13.8. The Bertz CT molecular complexity index is 570. The van der Waals surface area contributed by atoms with Gasteiger partial charge in [-0.15, -0.1) is 0 Å². The lowest BCUT2D eigenvalue weighted by molar-refractivity contribution is 0.0714. The molecule has 7 heteroatoms. The molecule has 0 aliphatic heterocycles. The van der Waals surface area contributed by atoms with Crippen molar-refractivity contribution in [3.63, 3.8) is 0 Å². The predicted molar refractivity (Wildman–Crippen MR) is 74.3 cm³/mol. The van der Waals surface area contributed by atoms with Crippen molar-refractivity contribution in [3.05, 3.63) is 24.0 Å². The van der Waals surface area contributed by atoms with Gasteiger partial charge in [-0.1, -0.05) is 5.16 Å². The van der Waals surface area contributed by atoms with Crippen LogP contribution in [0.25, 0.3) is 11.5 Å². The van der Waals surface area contributed by atoms with E-state index in [9.17, 15) is 5.11 Å². The molecule has 21 heavy (non-hydrogen) atoms. The summed E-state index contributed by atoms with van der Waals surface area (Å²) in [5.41, 5.74) is 0.467. The van der Waals surface area contributed by atoms with Crippen molar-refractivity contribution in [2.45, 2.75) is 6.42 Å². The van der Waals surface area contributed by atoms with E-state index in [1.54, 1.807) is 19.2 Å². The van der Waals surface area contributed by atoms with Gasteiger partial charge in [0.2, 0.25) is 0 Å². The number of nitrogens with zero attached hydrogens (tertiary/aromatic N) is 2. The standard InChI is InChI=1S/C14H18N2O5/c1-18-7-8-20-6-5-13-15-14(21-16-13)11-4-3-10(19-2)9-12(11)17/h3-4,9,17H,5-8H2,1-2H3. The largest absolute Gasteiger partial charge is 0.507 e. The summed E-state index contributed by atoms with van der Waals surface area (Å²) in [4.78, 5) is 4.22. The van der Waals surface area contributed by atoms with Gasteiger partial charge in [0.25, 0.3) is 5.89 Å². The van der Waals surface area contributed by atoms with Gasteiger partial charge in [-0.3, -0.25) is 0 Å². The fourth-order valence-electron chi connectivity index (χ4n) is 1.69. The highest BCUT2D eigenvalue weighted by Gasteiger charge is 2.13. The van der Waals surface area contributed by atoms with Gasteiger partial charge in [-0.2, -0.15) is 4.98 Å². The molecule has 0 saturated carbocycles. The third-order valence-electron chi connectivity index (χ3n) is 2.81. The number of methoxy groups -OCH3 is 2. The van der Waals surface area contributed by atoms with E-state index in [1.807, 2.05) is 0 Å². The van der Waals surface area contributed by atoms with E-state index < -0.39 is 0 Å². The topological polar surface area (TPSA) is 86.8 Å². The van der Waals surface area contributed by atoms with Crippen LogP contribution in [0.4, 0.5) is 0 Å². The maximum atomic E-state index is 9.91. The van der Waals surface area contributed by atoms with Crippen molar-refractivity contribution < 1.29 is 23.8 Å². The average molecular weight is 294 g/mol. The first-order chi connectivity index (χ1) is 10.2. The summed E-state index contributed by atoms with van der Waals surface area (Å²) in [5.74, 6) is 1.38. The molecule has 1 N–H and O–H groups in total. The monoisotopic (exact) mass is 294 g/mol. The zero-order chi connectivity index (χ0) is 15.1. The van der Waals surface area contributed by atoms with E-state index in [0.29, 0.717) is 43.4 Å². The number of phenols is 1. The molecule has 1 heterocycles. The van der Waals surface area contributed by atoms with Gasteiger partial charge in [-0.25, -0.2) is 0 Å². The summed E-state index contributed by atoms with van der Waals surface area (Å²) in [6, 6.07) is 4.88. The molecule has 114 valence electrons. The molecule has 0 spiro atoms. The van der Waals surface area contributed by atoms with Crippen LogP contribution in [0.1, 0.15) is 5.82 Å². The van der Waals surface area contributed by atoms with Gasteiger partial charge in [-0.05, 0) is 12.1 Å². The van der Waals surface area contributed by atoms with Crippen LogP contribution in [0, 0.1) is 0 Å². The SMILES string of the molecule is COCCOCCc1noc(-c2ccc(OC)cc2O)n1. The molecular formula is C14H18N2O5. The van der Waals surface area contributed by atoms with E-state index in [-0.39, 0.29) is 11.6 Å². The molecule has 1 aromatic carbocycles. The Morgan fingerprint density at radius 2 is 2.05 bits per heavy atom. The number of benzene rings is 1. The summed E-state index contributed by atoms with van der Waals surface area (Å²) in [7, 11) is 3.15. The first-order valence-corrected chi connectivity index (χ1v) is 6.51. The summed E-state index contributed by atoms with van der Waals surface area (Å²) in [6.07, 6.45) is 0.532. The second-order valence-electron chi connectivity index (χ2n) is 4.25. The highest BCUT2D eigenvalue weighted by Crippen LogP contribution is 2.31. The molecule has 0 saturated heterocycles.